The molecular weight excluding hydrogens is 194 g/mol. The highest BCUT2D eigenvalue weighted by atomic mass is 14.7. The summed E-state index contributed by atoms with van der Waals surface area (Å²) in [5.74, 6) is 1.05. The third-order valence-corrected chi connectivity index (χ3v) is 2.87. The van der Waals surface area contributed by atoms with Crippen molar-refractivity contribution in [2.45, 2.75) is 65.7 Å². The molecule has 0 aliphatic carbocycles. The van der Waals surface area contributed by atoms with Crippen molar-refractivity contribution in [2.75, 3.05) is 0 Å². The molecule has 0 saturated carbocycles. The molecular formula is C15H25N. The zero-order valence-electron chi connectivity index (χ0n) is 11.8. The first-order valence-corrected chi connectivity index (χ1v) is 6.24. The maximum atomic E-state index is 4.86. The Bertz CT molecular complexity index is 356. The van der Waals surface area contributed by atoms with Gasteiger partial charge in [0.15, 0.2) is 0 Å². The quantitative estimate of drug-likeness (QED) is 0.707. The lowest BCUT2D eigenvalue weighted by atomic mass is 9.84. The number of rotatable bonds is 2. The highest BCUT2D eigenvalue weighted by Crippen LogP contribution is 2.30. The molecule has 0 fully saturated rings. The van der Waals surface area contributed by atoms with Crippen LogP contribution < -0.4 is 0 Å². The smallest absolute Gasteiger partial charge is 0.0495 e. The predicted molar refractivity (Wildman–Crippen MR) is 71.1 cm³/mol. The minimum absolute atomic E-state index is 0.129. The highest BCUT2D eigenvalue weighted by molar-refractivity contribution is 5.31. The van der Waals surface area contributed by atoms with E-state index in [9.17, 15) is 0 Å². The van der Waals surface area contributed by atoms with Gasteiger partial charge in [-0.3, -0.25) is 4.98 Å². The lowest BCUT2D eigenvalue weighted by Gasteiger charge is -2.24. The second-order valence-electron chi connectivity index (χ2n) is 6.23. The van der Waals surface area contributed by atoms with Crippen molar-refractivity contribution in [2.24, 2.45) is 0 Å². The van der Waals surface area contributed by atoms with Gasteiger partial charge in [0.2, 0.25) is 0 Å². The SMILES string of the molecule is CC(C)c1ccc(C(C)C)c(C(C)(C)C)n1. The summed E-state index contributed by atoms with van der Waals surface area (Å²) in [4.78, 5) is 4.86. The molecule has 0 saturated heterocycles. The van der Waals surface area contributed by atoms with Crippen LogP contribution in [0.5, 0.6) is 0 Å². The Hall–Kier alpha value is -0.850. The van der Waals surface area contributed by atoms with Crippen molar-refractivity contribution < 1.29 is 0 Å². The van der Waals surface area contributed by atoms with Crippen molar-refractivity contribution in [3.05, 3.63) is 29.1 Å². The van der Waals surface area contributed by atoms with Crippen LogP contribution in [0.1, 0.15) is 77.3 Å². The van der Waals surface area contributed by atoms with Gasteiger partial charge < -0.3 is 0 Å². The first-order chi connectivity index (χ1) is 7.23. The first-order valence-electron chi connectivity index (χ1n) is 6.24. The van der Waals surface area contributed by atoms with Gasteiger partial charge in [-0.2, -0.15) is 0 Å². The molecule has 0 spiro atoms. The van der Waals surface area contributed by atoms with E-state index < -0.39 is 0 Å². The first kappa shape index (κ1) is 13.2. The fourth-order valence-electron chi connectivity index (χ4n) is 1.87. The summed E-state index contributed by atoms with van der Waals surface area (Å²) in [7, 11) is 0. The Labute approximate surface area is 100 Å². The van der Waals surface area contributed by atoms with Gasteiger partial charge in [0.05, 0.1) is 0 Å². The molecule has 0 aliphatic rings. The Kier molecular flexibility index (Phi) is 3.77. The zero-order chi connectivity index (χ0) is 12.5. The van der Waals surface area contributed by atoms with Crippen molar-refractivity contribution >= 4 is 0 Å². The maximum absolute atomic E-state index is 4.86. The minimum Gasteiger partial charge on any atom is -0.257 e. The van der Waals surface area contributed by atoms with E-state index in [0.717, 1.165) is 0 Å². The number of aromatic nitrogens is 1. The molecule has 90 valence electrons. The Morgan fingerprint density at radius 1 is 0.938 bits per heavy atom. The van der Waals surface area contributed by atoms with E-state index in [2.05, 4.69) is 60.6 Å². The molecule has 0 atom stereocenters. The molecule has 1 aromatic heterocycles. The van der Waals surface area contributed by atoms with E-state index in [-0.39, 0.29) is 5.41 Å². The second-order valence-corrected chi connectivity index (χ2v) is 6.23. The summed E-state index contributed by atoms with van der Waals surface area (Å²) in [5, 5.41) is 0. The van der Waals surface area contributed by atoms with Gasteiger partial charge in [-0.15, -0.1) is 0 Å². The van der Waals surface area contributed by atoms with Crippen LogP contribution in [0.15, 0.2) is 12.1 Å². The maximum Gasteiger partial charge on any atom is 0.0495 e. The van der Waals surface area contributed by atoms with Crippen LogP contribution in [0, 0.1) is 0 Å². The fraction of sp³-hybridized carbons (Fsp3) is 0.667. The third kappa shape index (κ3) is 2.84. The van der Waals surface area contributed by atoms with Crippen molar-refractivity contribution in [1.82, 2.24) is 4.98 Å². The molecule has 1 nitrogen and oxygen atoms in total. The molecule has 0 N–H and O–H groups in total. The summed E-state index contributed by atoms with van der Waals surface area (Å²) in [5.41, 5.74) is 3.98. The van der Waals surface area contributed by atoms with Gasteiger partial charge in [0.25, 0.3) is 0 Å². The molecule has 0 radical (unpaired) electrons. The predicted octanol–water partition coefficient (Wildman–Crippen LogP) is 4.63. The normalized spacial score (nSPS) is 12.6. The summed E-state index contributed by atoms with van der Waals surface area (Å²) < 4.78 is 0. The van der Waals surface area contributed by atoms with Gasteiger partial charge in [0, 0.05) is 16.8 Å². The fourth-order valence-corrected chi connectivity index (χ4v) is 1.87. The molecule has 16 heavy (non-hydrogen) atoms. The van der Waals surface area contributed by atoms with Crippen LogP contribution in [0.3, 0.4) is 0 Å². The van der Waals surface area contributed by atoms with Crippen LogP contribution in [-0.4, -0.2) is 4.98 Å². The molecule has 0 aromatic carbocycles. The molecule has 1 heteroatoms. The monoisotopic (exact) mass is 219 g/mol. The van der Waals surface area contributed by atoms with Gasteiger partial charge in [-0.1, -0.05) is 54.5 Å². The summed E-state index contributed by atoms with van der Waals surface area (Å²) in [6.07, 6.45) is 0. The summed E-state index contributed by atoms with van der Waals surface area (Å²) in [6.45, 7) is 15.6. The molecule has 0 amide bonds. The highest BCUT2D eigenvalue weighted by Gasteiger charge is 2.22. The lowest BCUT2D eigenvalue weighted by Crippen LogP contribution is -2.18. The average molecular weight is 219 g/mol. The summed E-state index contributed by atoms with van der Waals surface area (Å²) in [6, 6.07) is 4.43. The van der Waals surface area contributed by atoms with E-state index in [1.165, 1.54) is 17.0 Å². The number of pyridine rings is 1. The zero-order valence-corrected chi connectivity index (χ0v) is 11.8. The van der Waals surface area contributed by atoms with E-state index in [4.69, 9.17) is 4.98 Å². The largest absolute Gasteiger partial charge is 0.257 e. The van der Waals surface area contributed by atoms with Crippen LogP contribution >= 0.6 is 0 Å². The Morgan fingerprint density at radius 2 is 1.50 bits per heavy atom. The molecule has 1 heterocycles. The van der Waals surface area contributed by atoms with E-state index in [1.54, 1.807) is 0 Å². The van der Waals surface area contributed by atoms with Crippen molar-refractivity contribution in [3.8, 4) is 0 Å². The summed E-state index contributed by atoms with van der Waals surface area (Å²) >= 11 is 0. The van der Waals surface area contributed by atoms with Crippen LogP contribution in [0.2, 0.25) is 0 Å². The second kappa shape index (κ2) is 4.57. The van der Waals surface area contributed by atoms with Crippen LogP contribution in [-0.2, 0) is 5.41 Å². The van der Waals surface area contributed by atoms with Gasteiger partial charge >= 0.3 is 0 Å². The number of hydrogen-bond acceptors (Lipinski definition) is 1. The standard InChI is InChI=1S/C15H25N/c1-10(2)12-8-9-13(11(3)4)16-14(12)15(5,6)7/h8-11H,1-7H3. The van der Waals surface area contributed by atoms with Crippen molar-refractivity contribution in [3.63, 3.8) is 0 Å². The molecule has 0 aliphatic heterocycles. The topological polar surface area (TPSA) is 12.9 Å². The van der Waals surface area contributed by atoms with Crippen molar-refractivity contribution in [1.29, 1.82) is 0 Å². The van der Waals surface area contributed by atoms with Crippen LogP contribution in [0.4, 0.5) is 0 Å². The van der Waals surface area contributed by atoms with E-state index in [1.807, 2.05) is 0 Å². The molecule has 0 bridgehead atoms. The van der Waals surface area contributed by atoms with Gasteiger partial charge in [0.1, 0.15) is 0 Å². The lowest BCUT2D eigenvalue weighted by molar-refractivity contribution is 0.549. The van der Waals surface area contributed by atoms with E-state index in [0.29, 0.717) is 11.8 Å². The van der Waals surface area contributed by atoms with E-state index >= 15 is 0 Å². The average Bonchev–Trinajstić information content (AvgIpc) is 2.15. The van der Waals surface area contributed by atoms with Gasteiger partial charge in [-0.25, -0.2) is 0 Å². The Balaban J connectivity index is 3.33. The van der Waals surface area contributed by atoms with Crippen LogP contribution in [0.25, 0.3) is 0 Å². The number of hydrogen-bond donors (Lipinski definition) is 0. The molecule has 0 unspecified atom stereocenters. The Morgan fingerprint density at radius 3 is 1.88 bits per heavy atom. The number of nitrogens with zero attached hydrogens (tertiary/aromatic N) is 1. The molecule has 1 aromatic rings. The van der Waals surface area contributed by atoms with Gasteiger partial charge in [-0.05, 0) is 23.5 Å². The molecule has 1 rings (SSSR count). The third-order valence-electron chi connectivity index (χ3n) is 2.87. The minimum atomic E-state index is 0.129.